The Morgan fingerprint density at radius 1 is 0.952 bits per heavy atom. The zero-order chi connectivity index (χ0) is 15.4. The number of hydrogen-bond acceptors (Lipinski definition) is 3. The van der Waals surface area contributed by atoms with Gasteiger partial charge in [0.1, 0.15) is 5.82 Å². The molecule has 0 fully saturated rings. The third kappa shape index (κ3) is 3.99. The van der Waals surface area contributed by atoms with Gasteiger partial charge in [-0.1, -0.05) is 12.1 Å². The predicted octanol–water partition coefficient (Wildman–Crippen LogP) is 1.41. The molecule has 0 saturated heterocycles. The molecule has 0 amide bonds. The quantitative estimate of drug-likeness (QED) is 0.820. The maximum atomic E-state index is 13.6. The van der Waals surface area contributed by atoms with Crippen LogP contribution >= 0.6 is 0 Å². The minimum Gasteiger partial charge on any atom is -0.487 e. The summed E-state index contributed by atoms with van der Waals surface area (Å²) >= 11 is 0. The Morgan fingerprint density at radius 3 is 2.05 bits per heavy atom. The normalized spacial score (nSPS) is 10.5. The molecule has 2 rings (SSSR count). The summed E-state index contributed by atoms with van der Waals surface area (Å²) in [7, 11) is -1.96. The van der Waals surface area contributed by atoms with Crippen molar-refractivity contribution in [1.82, 2.24) is 0 Å². The summed E-state index contributed by atoms with van der Waals surface area (Å²) in [5, 5.41) is 17.7. The lowest BCUT2D eigenvalue weighted by atomic mass is 9.80. The molecule has 0 aliphatic rings. The van der Waals surface area contributed by atoms with Crippen LogP contribution in [0, 0.1) is 17.5 Å². The zero-order valence-electron chi connectivity index (χ0n) is 10.9. The largest absolute Gasteiger partial charge is 0.488 e. The molecule has 2 aromatic carbocycles. The van der Waals surface area contributed by atoms with Crippen molar-refractivity contribution in [2.75, 3.05) is 6.61 Å². The van der Waals surface area contributed by atoms with Crippen molar-refractivity contribution in [3.05, 3.63) is 59.4 Å². The average Bonchev–Trinajstić information content (AvgIpc) is 2.43. The van der Waals surface area contributed by atoms with Gasteiger partial charge in [-0.2, -0.15) is 0 Å². The highest BCUT2D eigenvalue weighted by Crippen LogP contribution is 2.20. The molecule has 21 heavy (non-hydrogen) atoms. The van der Waals surface area contributed by atoms with Crippen LogP contribution in [0.1, 0.15) is 5.56 Å². The van der Waals surface area contributed by atoms with Crippen LogP contribution in [0.2, 0.25) is 0 Å². The molecular weight excluding hydrogens is 284 g/mol. The first-order valence-corrected chi connectivity index (χ1v) is 6.19. The van der Waals surface area contributed by atoms with Gasteiger partial charge in [-0.25, -0.2) is 13.2 Å². The van der Waals surface area contributed by atoms with Crippen LogP contribution in [-0.4, -0.2) is 23.8 Å². The molecule has 0 unspecified atom stereocenters. The highest BCUT2D eigenvalue weighted by atomic mass is 19.1. The topological polar surface area (TPSA) is 49.7 Å². The molecule has 0 aromatic heterocycles. The Balaban J connectivity index is 2.01. The fraction of sp³-hybridized carbons (Fsp3) is 0.143. The van der Waals surface area contributed by atoms with Crippen molar-refractivity contribution >= 4 is 12.6 Å². The van der Waals surface area contributed by atoms with Crippen molar-refractivity contribution in [2.45, 2.75) is 6.42 Å². The molecule has 2 aromatic rings. The fourth-order valence-corrected chi connectivity index (χ4v) is 1.79. The second-order valence-corrected chi connectivity index (χ2v) is 4.41. The van der Waals surface area contributed by atoms with Gasteiger partial charge in [0.05, 0.1) is 6.61 Å². The third-order valence-electron chi connectivity index (χ3n) is 2.87. The summed E-state index contributed by atoms with van der Waals surface area (Å²) in [6.07, 6.45) is 0.351. The van der Waals surface area contributed by atoms with E-state index in [1.54, 1.807) is 12.1 Å². The number of halogens is 3. The Labute approximate surface area is 119 Å². The van der Waals surface area contributed by atoms with Gasteiger partial charge < -0.3 is 14.8 Å². The Bertz CT molecular complexity index is 594. The van der Waals surface area contributed by atoms with Crippen LogP contribution in [0.3, 0.4) is 0 Å². The van der Waals surface area contributed by atoms with E-state index in [4.69, 9.17) is 14.8 Å². The van der Waals surface area contributed by atoms with Crippen molar-refractivity contribution < 1.29 is 28.0 Å². The molecule has 0 radical (unpaired) electrons. The molecular formula is C14H12BF3O3. The van der Waals surface area contributed by atoms with Crippen LogP contribution in [-0.2, 0) is 6.42 Å². The van der Waals surface area contributed by atoms with Gasteiger partial charge >= 0.3 is 7.12 Å². The Hall–Kier alpha value is -1.99. The van der Waals surface area contributed by atoms with Gasteiger partial charge in [-0.15, -0.1) is 0 Å². The molecule has 110 valence electrons. The van der Waals surface area contributed by atoms with Crippen LogP contribution in [0.4, 0.5) is 13.2 Å². The van der Waals surface area contributed by atoms with Gasteiger partial charge in [0.25, 0.3) is 0 Å². The number of benzene rings is 2. The second kappa shape index (κ2) is 6.65. The first kappa shape index (κ1) is 15.4. The molecule has 0 saturated carbocycles. The summed E-state index contributed by atoms with van der Waals surface area (Å²) in [5.74, 6) is -2.98. The minimum atomic E-state index is -1.96. The summed E-state index contributed by atoms with van der Waals surface area (Å²) in [6.45, 7) is 0.000494. The fourth-order valence-electron chi connectivity index (χ4n) is 1.79. The standard InChI is InChI=1S/C14H12BF3O3/c16-11-3-1-9(2-4-11)5-6-21-14-12(17)7-10(15(19)20)8-13(14)18/h1-4,7-8,19-20H,5-6H2. The third-order valence-corrected chi connectivity index (χ3v) is 2.87. The summed E-state index contributed by atoms with van der Waals surface area (Å²) in [6, 6.07) is 7.26. The smallest absolute Gasteiger partial charge is 0.487 e. The van der Waals surface area contributed by atoms with E-state index >= 15 is 0 Å². The van der Waals surface area contributed by atoms with Crippen molar-refractivity contribution in [3.8, 4) is 5.75 Å². The first-order valence-electron chi connectivity index (χ1n) is 6.19. The van der Waals surface area contributed by atoms with E-state index in [9.17, 15) is 13.2 Å². The summed E-state index contributed by atoms with van der Waals surface area (Å²) < 4.78 is 45.0. The van der Waals surface area contributed by atoms with Crippen LogP contribution in [0.15, 0.2) is 36.4 Å². The molecule has 0 aliphatic heterocycles. The molecule has 0 atom stereocenters. The predicted molar refractivity (Wildman–Crippen MR) is 71.8 cm³/mol. The zero-order valence-corrected chi connectivity index (χ0v) is 10.9. The van der Waals surface area contributed by atoms with Crippen molar-refractivity contribution in [1.29, 1.82) is 0 Å². The van der Waals surface area contributed by atoms with Gasteiger partial charge in [0.2, 0.25) is 0 Å². The molecule has 0 spiro atoms. The van der Waals surface area contributed by atoms with E-state index in [-0.39, 0.29) is 17.9 Å². The molecule has 0 heterocycles. The van der Waals surface area contributed by atoms with Crippen molar-refractivity contribution in [3.63, 3.8) is 0 Å². The molecule has 0 aliphatic carbocycles. The van der Waals surface area contributed by atoms with Crippen LogP contribution in [0.5, 0.6) is 5.75 Å². The second-order valence-electron chi connectivity index (χ2n) is 4.41. The number of rotatable bonds is 5. The van der Waals surface area contributed by atoms with E-state index in [1.165, 1.54) is 12.1 Å². The van der Waals surface area contributed by atoms with E-state index in [0.29, 0.717) is 6.42 Å². The monoisotopic (exact) mass is 296 g/mol. The van der Waals surface area contributed by atoms with E-state index < -0.39 is 24.5 Å². The lowest BCUT2D eigenvalue weighted by Gasteiger charge is -2.10. The molecule has 0 bridgehead atoms. The maximum Gasteiger partial charge on any atom is 0.488 e. The molecule has 7 heteroatoms. The number of hydrogen-bond donors (Lipinski definition) is 2. The van der Waals surface area contributed by atoms with Gasteiger partial charge in [0, 0.05) is 6.42 Å². The lowest BCUT2D eigenvalue weighted by molar-refractivity contribution is 0.288. The average molecular weight is 296 g/mol. The van der Waals surface area contributed by atoms with Gasteiger partial charge in [-0.05, 0) is 35.3 Å². The highest BCUT2D eigenvalue weighted by Gasteiger charge is 2.18. The minimum absolute atomic E-state index is 0.000494. The van der Waals surface area contributed by atoms with Crippen LogP contribution < -0.4 is 10.2 Å². The SMILES string of the molecule is OB(O)c1cc(F)c(OCCc2ccc(F)cc2)c(F)c1. The van der Waals surface area contributed by atoms with E-state index in [2.05, 4.69) is 0 Å². The Kier molecular flexibility index (Phi) is 4.87. The maximum absolute atomic E-state index is 13.6. The molecule has 2 N–H and O–H groups in total. The Morgan fingerprint density at radius 2 is 1.52 bits per heavy atom. The lowest BCUT2D eigenvalue weighted by Crippen LogP contribution is -2.30. The number of ether oxygens (including phenoxy) is 1. The first-order chi connectivity index (χ1) is 9.97. The molecule has 3 nitrogen and oxygen atoms in total. The van der Waals surface area contributed by atoms with Crippen LogP contribution in [0.25, 0.3) is 0 Å². The van der Waals surface area contributed by atoms with Gasteiger partial charge in [-0.3, -0.25) is 0 Å². The summed E-state index contributed by atoms with van der Waals surface area (Å²) in [5.41, 5.74) is 0.468. The van der Waals surface area contributed by atoms with E-state index in [1.807, 2.05) is 0 Å². The summed E-state index contributed by atoms with van der Waals surface area (Å²) in [4.78, 5) is 0. The highest BCUT2D eigenvalue weighted by molar-refractivity contribution is 6.58. The van der Waals surface area contributed by atoms with E-state index in [0.717, 1.165) is 17.7 Å². The van der Waals surface area contributed by atoms with Gasteiger partial charge in [0.15, 0.2) is 17.4 Å². The van der Waals surface area contributed by atoms with Crippen molar-refractivity contribution in [2.24, 2.45) is 0 Å².